The number of aryl methyl sites for hydroxylation is 2. The molecule has 1 spiro atoms. The average molecular weight is 370 g/mol. The molecule has 1 saturated carbocycles. The van der Waals surface area contributed by atoms with E-state index in [1.54, 1.807) is 4.90 Å². The van der Waals surface area contributed by atoms with Crippen molar-refractivity contribution in [3.05, 3.63) is 34.9 Å². The maximum absolute atomic E-state index is 12.6. The van der Waals surface area contributed by atoms with Gasteiger partial charge in [0, 0.05) is 19.0 Å². The molecule has 1 aromatic rings. The Hall–Kier alpha value is -1.88. The summed E-state index contributed by atoms with van der Waals surface area (Å²) in [4.78, 5) is 28.5. The summed E-state index contributed by atoms with van der Waals surface area (Å²) in [7, 11) is 0. The molecule has 5 heteroatoms. The lowest BCUT2D eigenvalue weighted by atomic mass is 9.76. The minimum atomic E-state index is -0.835. The molecule has 1 atom stereocenters. The second-order valence-electron chi connectivity index (χ2n) is 8.99. The first-order valence-corrected chi connectivity index (χ1v) is 10.2. The van der Waals surface area contributed by atoms with Crippen molar-refractivity contribution in [1.82, 2.24) is 9.80 Å². The van der Waals surface area contributed by atoms with Crippen LogP contribution in [-0.4, -0.2) is 52.5 Å². The maximum atomic E-state index is 12.6. The van der Waals surface area contributed by atoms with E-state index in [4.69, 9.17) is 0 Å². The van der Waals surface area contributed by atoms with E-state index in [1.807, 2.05) is 0 Å². The number of aliphatic carboxylic acids is 1. The second kappa shape index (κ2) is 6.93. The monoisotopic (exact) mass is 370 g/mol. The number of carboxylic acids is 1. The van der Waals surface area contributed by atoms with Gasteiger partial charge in [-0.3, -0.25) is 9.69 Å². The fourth-order valence-electron chi connectivity index (χ4n) is 4.78. The number of piperidine rings is 1. The molecular weight excluding hydrogens is 340 g/mol. The second-order valence-corrected chi connectivity index (χ2v) is 8.99. The van der Waals surface area contributed by atoms with E-state index < -0.39 is 12.0 Å². The van der Waals surface area contributed by atoms with Gasteiger partial charge in [0.05, 0.1) is 0 Å². The lowest BCUT2D eigenvalue weighted by molar-refractivity contribution is -0.148. The molecule has 2 saturated heterocycles. The van der Waals surface area contributed by atoms with Gasteiger partial charge in [0.2, 0.25) is 5.91 Å². The van der Waals surface area contributed by atoms with E-state index in [0.29, 0.717) is 13.0 Å². The van der Waals surface area contributed by atoms with Gasteiger partial charge in [0.25, 0.3) is 0 Å². The number of benzene rings is 1. The summed E-state index contributed by atoms with van der Waals surface area (Å²) in [5.74, 6) is -0.665. The number of nitrogens with zero attached hydrogens (tertiary/aromatic N) is 2. The van der Waals surface area contributed by atoms with Gasteiger partial charge in [0.15, 0.2) is 0 Å². The van der Waals surface area contributed by atoms with Crippen LogP contribution in [0.1, 0.15) is 48.8 Å². The third-order valence-corrected chi connectivity index (χ3v) is 6.90. The number of rotatable bonds is 4. The lowest BCUT2D eigenvalue weighted by Gasteiger charge is -2.39. The highest BCUT2D eigenvalue weighted by molar-refractivity contribution is 5.87. The number of amides is 1. The normalized spacial score (nSPS) is 25.1. The van der Waals surface area contributed by atoms with Crippen molar-refractivity contribution in [1.29, 1.82) is 0 Å². The summed E-state index contributed by atoms with van der Waals surface area (Å²) in [6, 6.07) is 6.04. The summed E-state index contributed by atoms with van der Waals surface area (Å²) < 4.78 is 0. The molecule has 3 aliphatic rings. The number of carbonyl (C=O) groups is 2. The molecule has 5 nitrogen and oxygen atoms in total. The predicted molar refractivity (Wildman–Crippen MR) is 103 cm³/mol. The molecule has 0 aromatic heterocycles. The molecule has 0 radical (unpaired) electrons. The van der Waals surface area contributed by atoms with Crippen molar-refractivity contribution >= 4 is 11.9 Å². The number of likely N-dealkylation sites (tertiary alicyclic amines) is 2. The van der Waals surface area contributed by atoms with Gasteiger partial charge in [-0.15, -0.1) is 0 Å². The van der Waals surface area contributed by atoms with Crippen LogP contribution in [0.25, 0.3) is 0 Å². The summed E-state index contributed by atoms with van der Waals surface area (Å²) in [6.45, 7) is 7.83. The number of hydrogen-bond donors (Lipinski definition) is 1. The van der Waals surface area contributed by atoms with Gasteiger partial charge in [-0.05, 0) is 81.1 Å². The molecule has 1 amide bonds. The zero-order valence-electron chi connectivity index (χ0n) is 16.4. The van der Waals surface area contributed by atoms with E-state index in [2.05, 4.69) is 36.9 Å². The third kappa shape index (κ3) is 3.75. The average Bonchev–Trinajstić information content (AvgIpc) is 3.42. The van der Waals surface area contributed by atoms with Crippen LogP contribution in [0.3, 0.4) is 0 Å². The molecule has 1 aliphatic carbocycles. The van der Waals surface area contributed by atoms with Crippen LogP contribution in [-0.2, 0) is 16.1 Å². The summed E-state index contributed by atoms with van der Waals surface area (Å²) in [5, 5.41) is 9.64. The van der Waals surface area contributed by atoms with Crippen LogP contribution >= 0.6 is 0 Å². The first kappa shape index (κ1) is 18.5. The first-order valence-electron chi connectivity index (χ1n) is 10.2. The van der Waals surface area contributed by atoms with Crippen molar-refractivity contribution in [2.75, 3.05) is 19.6 Å². The smallest absolute Gasteiger partial charge is 0.326 e. The van der Waals surface area contributed by atoms with E-state index in [0.717, 1.165) is 45.3 Å². The van der Waals surface area contributed by atoms with Crippen molar-refractivity contribution in [3.8, 4) is 0 Å². The quantitative estimate of drug-likeness (QED) is 0.885. The molecule has 0 bridgehead atoms. The molecule has 1 N–H and O–H groups in total. The Labute approximate surface area is 161 Å². The Morgan fingerprint density at radius 2 is 1.85 bits per heavy atom. The topological polar surface area (TPSA) is 60.9 Å². The molecule has 146 valence electrons. The van der Waals surface area contributed by atoms with E-state index in [9.17, 15) is 14.7 Å². The number of hydrogen-bond acceptors (Lipinski definition) is 3. The highest BCUT2D eigenvalue weighted by Crippen LogP contribution is 2.45. The number of carbonyl (C=O) groups excluding carboxylic acids is 1. The standard InChI is InChI=1S/C22H30N2O3/c1-15-3-4-17(11-16(15)2)13-23-9-7-22(8-10-23)12-19(21(26)27)24(14-22)20(25)18-5-6-18/h3-4,11,18-19H,5-10,12-14H2,1-2H3,(H,26,27). The highest BCUT2D eigenvalue weighted by atomic mass is 16.4. The zero-order chi connectivity index (χ0) is 19.2. The lowest BCUT2D eigenvalue weighted by Crippen LogP contribution is -2.43. The SMILES string of the molecule is Cc1ccc(CN2CCC3(CC2)CC(C(=O)O)N(C(=O)C2CC2)C3)cc1C. The summed E-state index contributed by atoms with van der Waals surface area (Å²) in [6.07, 6.45) is 4.45. The van der Waals surface area contributed by atoms with E-state index in [-0.39, 0.29) is 17.2 Å². The Balaban J connectivity index is 1.39. The van der Waals surface area contributed by atoms with Crippen molar-refractivity contribution < 1.29 is 14.7 Å². The Kier molecular flexibility index (Phi) is 4.75. The predicted octanol–water partition coefficient (Wildman–Crippen LogP) is 2.98. The molecule has 2 heterocycles. The van der Waals surface area contributed by atoms with Gasteiger partial charge in [0.1, 0.15) is 6.04 Å². The van der Waals surface area contributed by atoms with Gasteiger partial charge in [-0.25, -0.2) is 4.79 Å². The largest absolute Gasteiger partial charge is 0.480 e. The van der Waals surface area contributed by atoms with Crippen molar-refractivity contribution in [3.63, 3.8) is 0 Å². The minimum absolute atomic E-state index is 0.00665. The Morgan fingerprint density at radius 3 is 2.44 bits per heavy atom. The third-order valence-electron chi connectivity index (χ3n) is 6.90. The summed E-state index contributed by atoms with van der Waals surface area (Å²) in [5.41, 5.74) is 3.99. The van der Waals surface area contributed by atoms with Crippen LogP contribution in [0, 0.1) is 25.2 Å². The summed E-state index contributed by atoms with van der Waals surface area (Å²) >= 11 is 0. The van der Waals surface area contributed by atoms with E-state index >= 15 is 0 Å². The zero-order valence-corrected chi connectivity index (χ0v) is 16.4. The molecule has 2 aliphatic heterocycles. The molecular formula is C22H30N2O3. The fraction of sp³-hybridized carbons (Fsp3) is 0.636. The molecule has 1 aromatic carbocycles. The van der Waals surface area contributed by atoms with Crippen molar-refractivity contribution in [2.24, 2.45) is 11.3 Å². The van der Waals surface area contributed by atoms with Crippen LogP contribution in [0.15, 0.2) is 18.2 Å². The minimum Gasteiger partial charge on any atom is -0.480 e. The Bertz CT molecular complexity index is 748. The van der Waals surface area contributed by atoms with Gasteiger partial charge < -0.3 is 10.0 Å². The molecule has 3 fully saturated rings. The fourth-order valence-corrected chi connectivity index (χ4v) is 4.78. The van der Waals surface area contributed by atoms with Gasteiger partial charge in [-0.2, -0.15) is 0 Å². The number of carboxylic acid groups (broad SMARTS) is 1. The van der Waals surface area contributed by atoms with Gasteiger partial charge >= 0.3 is 5.97 Å². The Morgan fingerprint density at radius 1 is 1.15 bits per heavy atom. The van der Waals surface area contributed by atoms with Crippen LogP contribution in [0.4, 0.5) is 0 Å². The molecule has 4 rings (SSSR count). The van der Waals surface area contributed by atoms with Gasteiger partial charge in [-0.1, -0.05) is 18.2 Å². The van der Waals surface area contributed by atoms with Crippen LogP contribution in [0.2, 0.25) is 0 Å². The first-order chi connectivity index (χ1) is 12.9. The van der Waals surface area contributed by atoms with Crippen LogP contribution in [0.5, 0.6) is 0 Å². The molecule has 27 heavy (non-hydrogen) atoms. The molecule has 1 unspecified atom stereocenters. The van der Waals surface area contributed by atoms with Crippen molar-refractivity contribution in [2.45, 2.75) is 58.5 Å². The van der Waals surface area contributed by atoms with Crippen LogP contribution < -0.4 is 0 Å². The highest BCUT2D eigenvalue weighted by Gasteiger charge is 2.51. The van der Waals surface area contributed by atoms with E-state index in [1.165, 1.54) is 16.7 Å². The maximum Gasteiger partial charge on any atom is 0.326 e.